The van der Waals surface area contributed by atoms with E-state index in [1.807, 2.05) is 26.0 Å². The summed E-state index contributed by atoms with van der Waals surface area (Å²) in [6.45, 7) is 4.34. The van der Waals surface area contributed by atoms with E-state index < -0.39 is 4.92 Å². The monoisotopic (exact) mass is 288 g/mol. The fourth-order valence-corrected chi connectivity index (χ4v) is 1.67. The molecule has 2 aromatic heterocycles. The van der Waals surface area contributed by atoms with Gasteiger partial charge in [-0.15, -0.1) is 0 Å². The van der Waals surface area contributed by atoms with E-state index in [0.29, 0.717) is 18.2 Å². The number of nitro groups is 1. The van der Waals surface area contributed by atoms with Gasteiger partial charge in [0.25, 0.3) is 5.69 Å². The van der Waals surface area contributed by atoms with Gasteiger partial charge in [-0.1, -0.05) is 6.07 Å². The summed E-state index contributed by atoms with van der Waals surface area (Å²) in [6.07, 6.45) is 2.93. The van der Waals surface area contributed by atoms with Crippen LogP contribution in [0.5, 0.6) is 5.88 Å². The third-order valence-corrected chi connectivity index (χ3v) is 2.62. The first-order valence-corrected chi connectivity index (χ1v) is 6.51. The summed E-state index contributed by atoms with van der Waals surface area (Å²) < 4.78 is 5.62. The summed E-state index contributed by atoms with van der Waals surface area (Å²) in [6, 6.07) is 6.71. The maximum Gasteiger partial charge on any atom is 0.287 e. The van der Waals surface area contributed by atoms with Crippen LogP contribution in [0.2, 0.25) is 0 Å². The number of nitrogens with one attached hydrogen (secondary N) is 1. The molecule has 0 aliphatic carbocycles. The predicted molar refractivity (Wildman–Crippen MR) is 78.2 cm³/mol. The average molecular weight is 288 g/mol. The first-order valence-electron chi connectivity index (χ1n) is 6.51. The summed E-state index contributed by atoms with van der Waals surface area (Å²) >= 11 is 0. The summed E-state index contributed by atoms with van der Waals surface area (Å²) in [5, 5.41) is 13.6. The lowest BCUT2D eigenvalue weighted by Gasteiger charge is -2.13. The van der Waals surface area contributed by atoms with Crippen LogP contribution in [-0.2, 0) is 6.54 Å². The largest absolute Gasteiger partial charge is 0.475 e. The highest BCUT2D eigenvalue weighted by molar-refractivity contribution is 5.41. The van der Waals surface area contributed by atoms with Gasteiger partial charge in [0.2, 0.25) is 5.88 Å². The van der Waals surface area contributed by atoms with Crippen molar-refractivity contribution in [3.05, 3.63) is 52.3 Å². The van der Waals surface area contributed by atoms with Crippen molar-refractivity contribution in [1.82, 2.24) is 9.97 Å². The van der Waals surface area contributed by atoms with Crippen molar-refractivity contribution >= 4 is 11.5 Å². The van der Waals surface area contributed by atoms with Crippen LogP contribution in [-0.4, -0.2) is 21.0 Å². The first kappa shape index (κ1) is 14.7. The lowest BCUT2D eigenvalue weighted by Crippen LogP contribution is -2.11. The normalized spacial score (nSPS) is 10.4. The van der Waals surface area contributed by atoms with Gasteiger partial charge in [0, 0.05) is 24.4 Å². The molecule has 7 nitrogen and oxygen atoms in total. The molecule has 7 heteroatoms. The van der Waals surface area contributed by atoms with E-state index >= 15 is 0 Å². The zero-order chi connectivity index (χ0) is 15.2. The van der Waals surface area contributed by atoms with Crippen LogP contribution < -0.4 is 10.1 Å². The molecule has 0 amide bonds. The summed E-state index contributed by atoms with van der Waals surface area (Å²) in [5.41, 5.74) is 0.858. The van der Waals surface area contributed by atoms with Crippen molar-refractivity contribution in [1.29, 1.82) is 0 Å². The number of pyridine rings is 2. The van der Waals surface area contributed by atoms with Gasteiger partial charge in [-0.3, -0.25) is 10.1 Å². The molecular weight excluding hydrogens is 272 g/mol. The van der Waals surface area contributed by atoms with E-state index in [4.69, 9.17) is 4.74 Å². The average Bonchev–Trinajstić information content (AvgIpc) is 2.46. The third-order valence-electron chi connectivity index (χ3n) is 2.62. The number of anilines is 1. The number of aromatic nitrogens is 2. The molecule has 110 valence electrons. The van der Waals surface area contributed by atoms with Crippen LogP contribution in [0.25, 0.3) is 0 Å². The molecule has 1 N–H and O–H groups in total. The second-order valence-electron chi connectivity index (χ2n) is 4.65. The van der Waals surface area contributed by atoms with Crippen LogP contribution >= 0.6 is 0 Å². The van der Waals surface area contributed by atoms with Crippen molar-refractivity contribution in [3.63, 3.8) is 0 Å². The van der Waals surface area contributed by atoms with Crippen molar-refractivity contribution < 1.29 is 9.66 Å². The van der Waals surface area contributed by atoms with Crippen LogP contribution in [0.1, 0.15) is 19.4 Å². The Labute approximate surface area is 122 Å². The van der Waals surface area contributed by atoms with Crippen LogP contribution in [0.4, 0.5) is 11.5 Å². The second-order valence-corrected chi connectivity index (χ2v) is 4.65. The minimum absolute atomic E-state index is 0.0363. The van der Waals surface area contributed by atoms with Gasteiger partial charge in [0.15, 0.2) is 0 Å². The smallest absolute Gasteiger partial charge is 0.287 e. The summed E-state index contributed by atoms with van der Waals surface area (Å²) in [5.74, 6) is 1.13. The highest BCUT2D eigenvalue weighted by Crippen LogP contribution is 2.18. The van der Waals surface area contributed by atoms with Crippen LogP contribution in [0.15, 0.2) is 36.7 Å². The zero-order valence-electron chi connectivity index (χ0n) is 11.8. The molecule has 2 heterocycles. The van der Waals surface area contributed by atoms with Gasteiger partial charge in [-0.2, -0.15) is 0 Å². The zero-order valence-corrected chi connectivity index (χ0v) is 11.8. The molecule has 0 bridgehead atoms. The lowest BCUT2D eigenvalue weighted by molar-refractivity contribution is -0.385. The Hall–Kier alpha value is -2.70. The van der Waals surface area contributed by atoms with E-state index in [-0.39, 0.29) is 11.8 Å². The fraction of sp³-hybridized carbons (Fsp3) is 0.286. The number of ether oxygens (including phenoxy) is 1. The highest BCUT2D eigenvalue weighted by Gasteiger charge is 2.08. The molecule has 0 aliphatic rings. The number of hydrogen-bond donors (Lipinski definition) is 1. The molecule has 0 saturated heterocycles. The molecular formula is C14H16N4O3. The Kier molecular flexibility index (Phi) is 4.65. The van der Waals surface area contributed by atoms with Crippen LogP contribution in [0, 0.1) is 10.1 Å². The number of rotatable bonds is 6. The first-order chi connectivity index (χ1) is 10.1. The Morgan fingerprint density at radius 2 is 2.14 bits per heavy atom. The van der Waals surface area contributed by atoms with Crippen molar-refractivity contribution in [3.8, 4) is 5.88 Å². The molecule has 0 unspecified atom stereocenters. The van der Waals surface area contributed by atoms with Gasteiger partial charge >= 0.3 is 0 Å². The van der Waals surface area contributed by atoms with E-state index in [9.17, 15) is 10.1 Å². The van der Waals surface area contributed by atoms with Crippen LogP contribution in [0.3, 0.4) is 0 Å². The lowest BCUT2D eigenvalue weighted by atomic mass is 10.2. The van der Waals surface area contributed by atoms with E-state index in [0.717, 1.165) is 5.56 Å². The molecule has 2 rings (SSSR count). The maximum atomic E-state index is 10.6. The standard InChI is InChI=1S/C14H16N4O3/c1-10(2)21-14-11(4-3-7-15-14)8-16-13-6-5-12(9-17-13)18(19)20/h3-7,9-10H,8H2,1-2H3,(H,16,17). The van der Waals surface area contributed by atoms with Gasteiger partial charge in [0.05, 0.1) is 11.0 Å². The SMILES string of the molecule is CC(C)Oc1ncccc1CNc1ccc([N+](=O)[O-])cn1. The van der Waals surface area contributed by atoms with Crippen molar-refractivity contribution in [2.75, 3.05) is 5.32 Å². The molecule has 2 aromatic rings. The number of nitrogens with zero attached hydrogens (tertiary/aromatic N) is 3. The minimum atomic E-state index is -0.480. The van der Waals surface area contributed by atoms with Gasteiger partial charge in [-0.05, 0) is 26.0 Å². The highest BCUT2D eigenvalue weighted by atomic mass is 16.6. The fourth-order valence-electron chi connectivity index (χ4n) is 1.67. The Morgan fingerprint density at radius 1 is 1.33 bits per heavy atom. The maximum absolute atomic E-state index is 10.6. The minimum Gasteiger partial charge on any atom is -0.475 e. The number of hydrogen-bond acceptors (Lipinski definition) is 6. The Bertz CT molecular complexity index is 614. The molecule has 0 radical (unpaired) electrons. The molecule has 21 heavy (non-hydrogen) atoms. The quantitative estimate of drug-likeness (QED) is 0.649. The molecule has 0 spiro atoms. The summed E-state index contributed by atoms with van der Waals surface area (Å²) in [7, 11) is 0. The predicted octanol–water partition coefficient (Wildman–Crippen LogP) is 2.78. The van der Waals surface area contributed by atoms with Gasteiger partial charge < -0.3 is 10.1 Å². The molecule has 0 aromatic carbocycles. The Morgan fingerprint density at radius 3 is 2.76 bits per heavy atom. The molecule has 0 aliphatic heterocycles. The molecule has 0 atom stereocenters. The van der Waals surface area contributed by atoms with E-state index in [2.05, 4.69) is 15.3 Å². The Balaban J connectivity index is 2.04. The van der Waals surface area contributed by atoms with Gasteiger partial charge in [0.1, 0.15) is 12.0 Å². The summed E-state index contributed by atoms with van der Waals surface area (Å²) in [4.78, 5) is 18.3. The van der Waals surface area contributed by atoms with E-state index in [1.165, 1.54) is 12.3 Å². The molecule has 0 saturated carbocycles. The third kappa shape index (κ3) is 4.13. The van der Waals surface area contributed by atoms with Crippen molar-refractivity contribution in [2.45, 2.75) is 26.5 Å². The van der Waals surface area contributed by atoms with E-state index in [1.54, 1.807) is 12.3 Å². The van der Waals surface area contributed by atoms with Gasteiger partial charge in [-0.25, -0.2) is 9.97 Å². The topological polar surface area (TPSA) is 90.2 Å². The second kappa shape index (κ2) is 6.65. The van der Waals surface area contributed by atoms with Crippen molar-refractivity contribution in [2.24, 2.45) is 0 Å². The molecule has 0 fully saturated rings.